The molecule has 0 aliphatic carbocycles. The zero-order valence-electron chi connectivity index (χ0n) is 7.69. The largest absolute Gasteiger partial charge is 0.481 e. The average molecular weight is 187 g/mol. The molecule has 1 saturated heterocycles. The molecule has 5 nitrogen and oxygen atoms in total. The quantitative estimate of drug-likeness (QED) is 0.685. The van der Waals surface area contributed by atoms with Crippen LogP contribution < -0.4 is 0 Å². The summed E-state index contributed by atoms with van der Waals surface area (Å²) in [4.78, 5) is 22.9. The van der Waals surface area contributed by atoms with Gasteiger partial charge in [-0.15, -0.1) is 0 Å². The summed E-state index contributed by atoms with van der Waals surface area (Å²) in [5.74, 6) is -1.27. The molecule has 0 aromatic carbocycles. The molecule has 1 N–H and O–H groups in total. The molecule has 1 aliphatic heterocycles. The van der Waals surface area contributed by atoms with E-state index in [1.165, 1.54) is 4.90 Å². The third-order valence-corrected chi connectivity index (χ3v) is 1.83. The topological polar surface area (TPSA) is 66.8 Å². The normalized spacial score (nSPS) is 17.0. The first kappa shape index (κ1) is 9.83. The van der Waals surface area contributed by atoms with Crippen molar-refractivity contribution in [3.8, 4) is 0 Å². The highest BCUT2D eigenvalue weighted by atomic mass is 16.6. The minimum Gasteiger partial charge on any atom is -0.481 e. The first-order chi connectivity index (χ1) is 6.00. The average Bonchev–Trinajstić information content (AvgIpc) is 1.79. The summed E-state index contributed by atoms with van der Waals surface area (Å²) in [7, 11) is 0. The number of carbonyl (C=O) groups excluding carboxylic acids is 1. The molecule has 13 heavy (non-hydrogen) atoms. The number of carbonyl (C=O) groups is 2. The number of amides is 1. The first-order valence-corrected chi connectivity index (χ1v) is 4.19. The fourth-order valence-corrected chi connectivity index (χ4v) is 1.06. The zero-order chi connectivity index (χ0) is 10.0. The van der Waals surface area contributed by atoms with Crippen molar-refractivity contribution in [2.24, 2.45) is 5.92 Å². The van der Waals surface area contributed by atoms with Crippen molar-refractivity contribution < 1.29 is 19.4 Å². The molecule has 0 atom stereocenters. The van der Waals surface area contributed by atoms with E-state index in [0.717, 1.165) is 0 Å². The highest BCUT2D eigenvalue weighted by molar-refractivity contribution is 5.76. The van der Waals surface area contributed by atoms with E-state index in [1.54, 1.807) is 13.8 Å². The molecule has 1 heterocycles. The van der Waals surface area contributed by atoms with Crippen LogP contribution in [0.15, 0.2) is 0 Å². The second kappa shape index (κ2) is 3.64. The van der Waals surface area contributed by atoms with Gasteiger partial charge in [-0.25, -0.2) is 4.79 Å². The van der Waals surface area contributed by atoms with E-state index >= 15 is 0 Å². The lowest BCUT2D eigenvalue weighted by Crippen LogP contribution is -2.53. The lowest BCUT2D eigenvalue weighted by atomic mass is 10.0. The number of rotatable bonds is 2. The predicted molar refractivity (Wildman–Crippen MR) is 44.3 cm³/mol. The van der Waals surface area contributed by atoms with Gasteiger partial charge in [-0.1, -0.05) is 0 Å². The minimum absolute atomic E-state index is 0.156. The number of likely N-dealkylation sites (tertiary alicyclic amines) is 1. The molecule has 74 valence electrons. The monoisotopic (exact) mass is 187 g/mol. The highest BCUT2D eigenvalue weighted by Crippen LogP contribution is 2.16. The number of carboxylic acids is 1. The molecule has 5 heteroatoms. The van der Waals surface area contributed by atoms with Crippen LogP contribution >= 0.6 is 0 Å². The number of carboxylic acid groups (broad SMARTS) is 1. The van der Waals surface area contributed by atoms with E-state index in [9.17, 15) is 9.59 Å². The van der Waals surface area contributed by atoms with Gasteiger partial charge < -0.3 is 14.7 Å². The Morgan fingerprint density at radius 1 is 1.46 bits per heavy atom. The van der Waals surface area contributed by atoms with Gasteiger partial charge in [-0.3, -0.25) is 4.79 Å². The molecular formula is C8H13NO4. The van der Waals surface area contributed by atoms with Crippen LogP contribution in [0.4, 0.5) is 4.79 Å². The smallest absolute Gasteiger partial charge is 0.410 e. The Bertz CT molecular complexity index is 220. The Hall–Kier alpha value is -1.26. The third-order valence-electron chi connectivity index (χ3n) is 1.83. The van der Waals surface area contributed by atoms with E-state index in [0.29, 0.717) is 0 Å². The maximum atomic E-state index is 11.1. The Kier molecular flexibility index (Phi) is 2.75. The second-order valence-corrected chi connectivity index (χ2v) is 3.37. The fraction of sp³-hybridized carbons (Fsp3) is 0.750. The number of hydrogen-bond acceptors (Lipinski definition) is 3. The summed E-state index contributed by atoms with van der Waals surface area (Å²) in [5, 5.41) is 8.54. The van der Waals surface area contributed by atoms with Gasteiger partial charge in [0.25, 0.3) is 0 Å². The molecule has 0 bridgehead atoms. The maximum Gasteiger partial charge on any atom is 0.410 e. The Morgan fingerprint density at radius 3 is 2.38 bits per heavy atom. The van der Waals surface area contributed by atoms with Crippen LogP contribution in [0.5, 0.6) is 0 Å². The standard InChI is InChI=1S/C8H13NO4/c1-5(2)13-8(12)9-3-6(4-9)7(10)11/h5-6H,3-4H2,1-2H3,(H,10,11). The molecule has 1 fully saturated rings. The molecule has 0 unspecified atom stereocenters. The summed E-state index contributed by atoms with van der Waals surface area (Å²) < 4.78 is 4.88. The van der Waals surface area contributed by atoms with Gasteiger partial charge in [0.1, 0.15) is 0 Å². The highest BCUT2D eigenvalue weighted by Gasteiger charge is 2.36. The molecule has 0 aromatic rings. The molecule has 0 spiro atoms. The lowest BCUT2D eigenvalue weighted by molar-refractivity contribution is -0.146. The van der Waals surface area contributed by atoms with E-state index < -0.39 is 18.0 Å². The van der Waals surface area contributed by atoms with Crippen LogP contribution in [0.1, 0.15) is 13.8 Å². The molecule has 0 aromatic heterocycles. The van der Waals surface area contributed by atoms with E-state index in [4.69, 9.17) is 9.84 Å². The predicted octanol–water partition coefficient (Wildman–Crippen LogP) is 0.548. The van der Waals surface area contributed by atoms with E-state index in [-0.39, 0.29) is 19.2 Å². The fourth-order valence-electron chi connectivity index (χ4n) is 1.06. The van der Waals surface area contributed by atoms with Gasteiger partial charge in [0.2, 0.25) is 0 Å². The zero-order valence-corrected chi connectivity index (χ0v) is 7.69. The summed E-state index contributed by atoms with van der Waals surface area (Å²) >= 11 is 0. The van der Waals surface area contributed by atoms with Crippen molar-refractivity contribution in [3.63, 3.8) is 0 Å². The Morgan fingerprint density at radius 2 is 2.00 bits per heavy atom. The van der Waals surface area contributed by atoms with Crippen molar-refractivity contribution in [2.75, 3.05) is 13.1 Å². The maximum absolute atomic E-state index is 11.1. The van der Waals surface area contributed by atoms with Crippen LogP contribution in [0.3, 0.4) is 0 Å². The van der Waals surface area contributed by atoms with Gasteiger partial charge in [-0.05, 0) is 13.8 Å². The first-order valence-electron chi connectivity index (χ1n) is 4.19. The summed E-state index contributed by atoms with van der Waals surface area (Å²) in [6, 6.07) is 0. The van der Waals surface area contributed by atoms with Crippen LogP contribution in [0.25, 0.3) is 0 Å². The summed E-state index contributed by atoms with van der Waals surface area (Å²) in [6.45, 7) is 4.04. The van der Waals surface area contributed by atoms with Crippen molar-refractivity contribution in [3.05, 3.63) is 0 Å². The van der Waals surface area contributed by atoms with Gasteiger partial charge in [-0.2, -0.15) is 0 Å². The molecule has 0 saturated carbocycles. The van der Waals surface area contributed by atoms with Crippen LogP contribution in [0, 0.1) is 5.92 Å². The van der Waals surface area contributed by atoms with Gasteiger partial charge in [0, 0.05) is 13.1 Å². The van der Waals surface area contributed by atoms with Crippen LogP contribution in [0.2, 0.25) is 0 Å². The molecule has 1 amide bonds. The van der Waals surface area contributed by atoms with E-state index in [2.05, 4.69) is 0 Å². The van der Waals surface area contributed by atoms with Crippen molar-refractivity contribution in [2.45, 2.75) is 20.0 Å². The number of aliphatic carboxylic acids is 1. The third kappa shape index (κ3) is 2.34. The summed E-state index contributed by atoms with van der Waals surface area (Å²) in [5.41, 5.74) is 0. The number of ether oxygens (including phenoxy) is 1. The van der Waals surface area contributed by atoms with E-state index in [1.807, 2.05) is 0 Å². The van der Waals surface area contributed by atoms with Crippen LogP contribution in [-0.4, -0.2) is 41.3 Å². The number of nitrogens with zero attached hydrogens (tertiary/aromatic N) is 1. The molecule has 1 rings (SSSR count). The molecule has 0 radical (unpaired) electrons. The van der Waals surface area contributed by atoms with Gasteiger partial charge in [0.15, 0.2) is 0 Å². The number of hydrogen-bond donors (Lipinski definition) is 1. The summed E-state index contributed by atoms with van der Waals surface area (Å²) in [6.07, 6.45) is -0.580. The lowest BCUT2D eigenvalue weighted by Gasteiger charge is -2.35. The van der Waals surface area contributed by atoms with Gasteiger partial charge >= 0.3 is 12.1 Å². The van der Waals surface area contributed by atoms with Crippen molar-refractivity contribution in [1.82, 2.24) is 4.90 Å². The molecule has 1 aliphatic rings. The Balaban J connectivity index is 2.27. The SMILES string of the molecule is CC(C)OC(=O)N1CC(C(=O)O)C1. The van der Waals surface area contributed by atoms with Crippen LogP contribution in [-0.2, 0) is 9.53 Å². The second-order valence-electron chi connectivity index (χ2n) is 3.37. The molecular weight excluding hydrogens is 174 g/mol. The van der Waals surface area contributed by atoms with Gasteiger partial charge in [0.05, 0.1) is 12.0 Å². The Labute approximate surface area is 76.3 Å². The minimum atomic E-state index is -0.853. The van der Waals surface area contributed by atoms with Crippen molar-refractivity contribution >= 4 is 12.1 Å². The van der Waals surface area contributed by atoms with Crippen molar-refractivity contribution in [1.29, 1.82) is 0 Å².